The van der Waals surface area contributed by atoms with Gasteiger partial charge in [-0.3, -0.25) is 9.78 Å². The van der Waals surface area contributed by atoms with E-state index in [0.717, 1.165) is 5.56 Å². The van der Waals surface area contributed by atoms with E-state index in [0.29, 0.717) is 23.0 Å². The molecule has 0 saturated heterocycles. The smallest absolute Gasteiger partial charge is 0.314 e. The van der Waals surface area contributed by atoms with Crippen molar-refractivity contribution in [3.05, 3.63) is 47.4 Å². The molecule has 0 aliphatic heterocycles. The molecule has 20 heavy (non-hydrogen) atoms. The molecule has 0 spiro atoms. The first-order valence-corrected chi connectivity index (χ1v) is 6.74. The van der Waals surface area contributed by atoms with Crippen molar-refractivity contribution < 1.29 is 9.53 Å². The Morgan fingerprint density at radius 1 is 1.30 bits per heavy atom. The zero-order valence-corrected chi connectivity index (χ0v) is 12.1. The van der Waals surface area contributed by atoms with E-state index in [1.807, 2.05) is 12.1 Å². The van der Waals surface area contributed by atoms with Gasteiger partial charge in [0.15, 0.2) is 0 Å². The fraction of sp³-hybridized carbons (Fsp3) is 0.267. The van der Waals surface area contributed by atoms with Gasteiger partial charge < -0.3 is 4.74 Å². The molecule has 1 atom stereocenters. The predicted molar refractivity (Wildman–Crippen MR) is 77.5 cm³/mol. The summed E-state index contributed by atoms with van der Waals surface area (Å²) in [5.74, 6) is -0.732. The maximum Gasteiger partial charge on any atom is 0.314 e. The lowest BCUT2D eigenvalue weighted by atomic mass is 10.1. The van der Waals surface area contributed by atoms with Crippen LogP contribution in [0.15, 0.2) is 36.7 Å². The summed E-state index contributed by atoms with van der Waals surface area (Å²) in [6, 6.07) is 7.32. The molecule has 2 aromatic rings. The summed E-state index contributed by atoms with van der Waals surface area (Å²) in [5, 5.41) is 0.665. The maximum absolute atomic E-state index is 11.7. The van der Waals surface area contributed by atoms with Gasteiger partial charge >= 0.3 is 5.97 Å². The Morgan fingerprint density at radius 3 is 2.65 bits per heavy atom. The Kier molecular flexibility index (Phi) is 4.69. The van der Waals surface area contributed by atoms with E-state index >= 15 is 0 Å². The van der Waals surface area contributed by atoms with E-state index in [9.17, 15) is 4.79 Å². The van der Waals surface area contributed by atoms with Crippen LogP contribution in [0.5, 0.6) is 0 Å². The molecule has 0 radical (unpaired) electrons. The summed E-state index contributed by atoms with van der Waals surface area (Å²) in [4.78, 5) is 20.3. The SMILES string of the molecule is CCOC(=O)C(C)c1cncc(-c2ccc(Cl)cc2)n1. The lowest BCUT2D eigenvalue weighted by Crippen LogP contribution is -2.14. The number of nitrogens with zero attached hydrogens (tertiary/aromatic N) is 2. The van der Waals surface area contributed by atoms with Crippen molar-refractivity contribution in [2.75, 3.05) is 6.61 Å². The third kappa shape index (κ3) is 3.33. The first kappa shape index (κ1) is 14.5. The summed E-state index contributed by atoms with van der Waals surface area (Å²) in [7, 11) is 0. The van der Waals surface area contributed by atoms with Crippen LogP contribution in [0.25, 0.3) is 11.3 Å². The summed E-state index contributed by atoms with van der Waals surface area (Å²) in [6.45, 7) is 3.89. The monoisotopic (exact) mass is 290 g/mol. The number of halogens is 1. The molecule has 0 N–H and O–H groups in total. The zero-order chi connectivity index (χ0) is 14.5. The van der Waals surface area contributed by atoms with E-state index in [-0.39, 0.29) is 5.97 Å². The molecule has 2 rings (SSSR count). The molecule has 0 fully saturated rings. The molecule has 0 amide bonds. The number of hydrogen-bond acceptors (Lipinski definition) is 4. The summed E-state index contributed by atoms with van der Waals surface area (Å²) in [6.07, 6.45) is 3.24. The van der Waals surface area contributed by atoms with Crippen LogP contribution in [-0.2, 0) is 9.53 Å². The van der Waals surface area contributed by atoms with E-state index in [1.54, 1.807) is 38.4 Å². The first-order valence-electron chi connectivity index (χ1n) is 6.36. The standard InChI is InChI=1S/C15H15ClN2O2/c1-3-20-15(19)10(2)13-8-17-9-14(18-13)11-4-6-12(16)7-5-11/h4-10H,3H2,1-2H3. The molecule has 1 heterocycles. The highest BCUT2D eigenvalue weighted by Gasteiger charge is 2.18. The van der Waals surface area contributed by atoms with Crippen LogP contribution in [-0.4, -0.2) is 22.5 Å². The quantitative estimate of drug-likeness (QED) is 0.809. The van der Waals surface area contributed by atoms with Gasteiger partial charge in [0.1, 0.15) is 0 Å². The minimum Gasteiger partial charge on any atom is -0.465 e. The minimum absolute atomic E-state index is 0.296. The van der Waals surface area contributed by atoms with Gasteiger partial charge in [0, 0.05) is 16.8 Å². The molecule has 4 nitrogen and oxygen atoms in total. The van der Waals surface area contributed by atoms with Crippen molar-refractivity contribution in [2.24, 2.45) is 0 Å². The second kappa shape index (κ2) is 6.48. The molecular formula is C15H15ClN2O2. The van der Waals surface area contributed by atoms with Crippen molar-refractivity contribution in [1.82, 2.24) is 9.97 Å². The molecule has 104 valence electrons. The van der Waals surface area contributed by atoms with Gasteiger partial charge in [0.05, 0.1) is 30.1 Å². The summed E-state index contributed by atoms with van der Waals surface area (Å²) < 4.78 is 5.00. The Balaban J connectivity index is 2.28. The topological polar surface area (TPSA) is 52.1 Å². The summed E-state index contributed by atoms with van der Waals surface area (Å²) >= 11 is 5.86. The Morgan fingerprint density at radius 2 is 2.00 bits per heavy atom. The number of carbonyl (C=O) groups excluding carboxylic acids is 1. The van der Waals surface area contributed by atoms with Gasteiger partial charge in [-0.05, 0) is 26.0 Å². The molecular weight excluding hydrogens is 276 g/mol. The average Bonchev–Trinajstić information content (AvgIpc) is 2.47. The van der Waals surface area contributed by atoms with Crippen LogP contribution < -0.4 is 0 Å². The predicted octanol–water partition coefficient (Wildman–Crippen LogP) is 3.46. The van der Waals surface area contributed by atoms with Crippen molar-refractivity contribution >= 4 is 17.6 Å². The van der Waals surface area contributed by atoms with Gasteiger partial charge in [-0.2, -0.15) is 0 Å². The molecule has 1 aromatic heterocycles. The van der Waals surface area contributed by atoms with Gasteiger partial charge in [0.2, 0.25) is 0 Å². The van der Waals surface area contributed by atoms with Gasteiger partial charge in [-0.25, -0.2) is 4.98 Å². The highest BCUT2D eigenvalue weighted by atomic mass is 35.5. The molecule has 0 saturated carbocycles. The van der Waals surface area contributed by atoms with E-state index in [2.05, 4.69) is 9.97 Å². The first-order chi connectivity index (χ1) is 9.61. The molecule has 1 unspecified atom stereocenters. The third-order valence-corrected chi connectivity index (χ3v) is 3.13. The highest BCUT2D eigenvalue weighted by Crippen LogP contribution is 2.21. The number of ether oxygens (including phenoxy) is 1. The maximum atomic E-state index is 11.7. The molecule has 0 aliphatic rings. The molecule has 0 bridgehead atoms. The second-order valence-corrected chi connectivity index (χ2v) is 4.75. The van der Waals surface area contributed by atoms with Crippen LogP contribution in [0, 0.1) is 0 Å². The lowest BCUT2D eigenvalue weighted by molar-refractivity contribution is -0.144. The Bertz CT molecular complexity index is 599. The van der Waals surface area contributed by atoms with Crippen molar-refractivity contribution in [3.8, 4) is 11.3 Å². The Labute approximate surface area is 122 Å². The molecule has 5 heteroatoms. The number of carbonyl (C=O) groups is 1. The van der Waals surface area contributed by atoms with E-state index in [4.69, 9.17) is 16.3 Å². The van der Waals surface area contributed by atoms with E-state index < -0.39 is 5.92 Å². The number of hydrogen-bond donors (Lipinski definition) is 0. The van der Waals surface area contributed by atoms with Crippen LogP contribution in [0.4, 0.5) is 0 Å². The van der Waals surface area contributed by atoms with Crippen LogP contribution in [0.2, 0.25) is 5.02 Å². The van der Waals surface area contributed by atoms with Gasteiger partial charge in [-0.1, -0.05) is 23.7 Å². The van der Waals surface area contributed by atoms with Crippen LogP contribution in [0.1, 0.15) is 25.5 Å². The summed E-state index contributed by atoms with van der Waals surface area (Å²) in [5.41, 5.74) is 2.20. The van der Waals surface area contributed by atoms with E-state index in [1.165, 1.54) is 0 Å². The zero-order valence-electron chi connectivity index (χ0n) is 11.3. The second-order valence-electron chi connectivity index (χ2n) is 4.31. The van der Waals surface area contributed by atoms with Crippen LogP contribution in [0.3, 0.4) is 0 Å². The lowest BCUT2D eigenvalue weighted by Gasteiger charge is -2.10. The van der Waals surface area contributed by atoms with Crippen LogP contribution >= 0.6 is 11.6 Å². The van der Waals surface area contributed by atoms with Gasteiger partial charge in [-0.15, -0.1) is 0 Å². The highest BCUT2D eigenvalue weighted by molar-refractivity contribution is 6.30. The minimum atomic E-state index is -0.435. The van der Waals surface area contributed by atoms with Crippen molar-refractivity contribution in [2.45, 2.75) is 19.8 Å². The third-order valence-electron chi connectivity index (χ3n) is 2.88. The van der Waals surface area contributed by atoms with Gasteiger partial charge in [0.25, 0.3) is 0 Å². The fourth-order valence-electron chi connectivity index (χ4n) is 1.74. The normalized spacial score (nSPS) is 11.9. The molecule has 1 aromatic carbocycles. The number of rotatable bonds is 4. The van der Waals surface area contributed by atoms with Crippen molar-refractivity contribution in [1.29, 1.82) is 0 Å². The van der Waals surface area contributed by atoms with Crippen molar-refractivity contribution in [3.63, 3.8) is 0 Å². The number of esters is 1. The number of benzene rings is 1. The Hall–Kier alpha value is -1.94. The molecule has 0 aliphatic carbocycles. The number of aromatic nitrogens is 2. The largest absolute Gasteiger partial charge is 0.465 e. The fourth-order valence-corrected chi connectivity index (χ4v) is 1.86. The average molecular weight is 291 g/mol.